The van der Waals surface area contributed by atoms with Crippen LogP contribution in [-0.2, 0) is 36.5 Å². The van der Waals surface area contributed by atoms with Gasteiger partial charge in [-0.1, -0.05) is 38.1 Å². The molecule has 51 heavy (non-hydrogen) atoms. The molecule has 0 radical (unpaired) electrons. The van der Waals surface area contributed by atoms with Crippen molar-refractivity contribution < 1.29 is 37.9 Å². The standard InChI is InChI=1S/C39H56BN3O8/c1-36(2,3)48-32(44)18-19-43(41)23-24-14-16-25(17-15-24)34(45)42-31(40-50-30-22-27-21-29(38(27,7)8)39(30,9)51-40)20-26-12-11-13-28(33(26)47-10)35(46)49-37(4,5)6/h11-17,27,29-31H,18-23,41H2,1-10H3,(H,42,45). The summed E-state index contributed by atoms with van der Waals surface area (Å²) in [6.07, 6.45) is 2.39. The smallest absolute Gasteiger partial charge is 0.482 e. The maximum atomic E-state index is 13.9. The van der Waals surface area contributed by atoms with Gasteiger partial charge in [-0.3, -0.25) is 15.4 Å². The van der Waals surface area contributed by atoms with Gasteiger partial charge in [0.25, 0.3) is 5.91 Å². The molecule has 11 nitrogen and oxygen atoms in total. The fourth-order valence-corrected chi connectivity index (χ4v) is 7.96. The zero-order valence-electron chi connectivity index (χ0n) is 32.0. The van der Waals surface area contributed by atoms with E-state index in [1.165, 1.54) is 7.11 Å². The zero-order valence-corrected chi connectivity index (χ0v) is 32.0. The number of nitrogens with two attached hydrogens (primary N) is 1. The van der Waals surface area contributed by atoms with Gasteiger partial charge in [-0.05, 0) is 114 Å². The first-order valence-electron chi connectivity index (χ1n) is 18.0. The molecule has 3 saturated carbocycles. The predicted molar refractivity (Wildman–Crippen MR) is 195 cm³/mol. The van der Waals surface area contributed by atoms with Gasteiger partial charge < -0.3 is 28.8 Å². The van der Waals surface area contributed by atoms with Gasteiger partial charge in [0.2, 0.25) is 0 Å². The van der Waals surface area contributed by atoms with E-state index in [2.05, 4.69) is 26.1 Å². The summed E-state index contributed by atoms with van der Waals surface area (Å²) in [5.74, 6) is 5.79. The lowest BCUT2D eigenvalue weighted by Crippen LogP contribution is -2.65. The summed E-state index contributed by atoms with van der Waals surface area (Å²) in [7, 11) is 0.805. The Bertz CT molecular complexity index is 1600. The highest BCUT2D eigenvalue weighted by Gasteiger charge is 2.68. The van der Waals surface area contributed by atoms with Crippen LogP contribution < -0.4 is 15.9 Å². The molecular weight excluding hydrogens is 649 g/mol. The number of carbonyl (C=O) groups is 3. The molecule has 4 aliphatic rings. The third-order valence-corrected chi connectivity index (χ3v) is 10.6. The minimum absolute atomic E-state index is 0.0810. The highest BCUT2D eigenvalue weighted by atomic mass is 16.7. The second-order valence-corrected chi connectivity index (χ2v) is 17.1. The number of carbonyl (C=O) groups excluding carboxylic acids is 3. The molecule has 12 heteroatoms. The Balaban J connectivity index is 1.33. The number of rotatable bonds is 12. The third-order valence-electron chi connectivity index (χ3n) is 10.6. The number of esters is 2. The topological polar surface area (TPSA) is 139 Å². The summed E-state index contributed by atoms with van der Waals surface area (Å²) in [5.41, 5.74) is 0.816. The molecule has 4 fully saturated rings. The largest absolute Gasteiger partial charge is 0.496 e. The molecule has 2 bridgehead atoms. The van der Waals surface area contributed by atoms with Crippen molar-refractivity contribution >= 4 is 25.0 Å². The molecule has 1 saturated heterocycles. The number of para-hydroxylation sites is 1. The van der Waals surface area contributed by atoms with Crippen molar-refractivity contribution in [1.29, 1.82) is 0 Å². The van der Waals surface area contributed by atoms with E-state index in [0.29, 0.717) is 47.4 Å². The fourth-order valence-electron chi connectivity index (χ4n) is 7.96. The van der Waals surface area contributed by atoms with Crippen molar-refractivity contribution in [2.24, 2.45) is 23.1 Å². The number of hydrogen-bond donors (Lipinski definition) is 2. The summed E-state index contributed by atoms with van der Waals surface area (Å²) in [5, 5.41) is 4.75. The van der Waals surface area contributed by atoms with Crippen molar-refractivity contribution in [3.63, 3.8) is 0 Å². The molecule has 278 valence electrons. The molecule has 2 aromatic rings. The molecule has 6 rings (SSSR count). The van der Waals surface area contributed by atoms with Gasteiger partial charge in [0.15, 0.2) is 0 Å². The molecular formula is C39H56BN3O8. The van der Waals surface area contributed by atoms with Gasteiger partial charge in [-0.15, -0.1) is 0 Å². The minimum Gasteiger partial charge on any atom is -0.496 e. The Hall–Kier alpha value is -3.45. The Morgan fingerprint density at radius 1 is 1.00 bits per heavy atom. The Kier molecular flexibility index (Phi) is 11.0. The Labute approximate surface area is 303 Å². The number of hydrazine groups is 1. The number of methoxy groups -OCH3 is 1. The first-order chi connectivity index (χ1) is 23.7. The third kappa shape index (κ3) is 8.79. The van der Waals surface area contributed by atoms with Crippen molar-refractivity contribution in [3.8, 4) is 5.75 Å². The van der Waals surface area contributed by atoms with Crippen LogP contribution in [0.2, 0.25) is 0 Å². The summed E-state index contributed by atoms with van der Waals surface area (Å²) in [6.45, 7) is 18.4. The molecule has 1 aliphatic heterocycles. The van der Waals surface area contributed by atoms with Gasteiger partial charge >= 0.3 is 19.1 Å². The second-order valence-electron chi connectivity index (χ2n) is 17.1. The lowest BCUT2D eigenvalue weighted by Gasteiger charge is -2.64. The van der Waals surface area contributed by atoms with Crippen LogP contribution in [0.25, 0.3) is 0 Å². The average molecular weight is 706 g/mol. The van der Waals surface area contributed by atoms with Crippen LogP contribution in [0, 0.1) is 17.3 Å². The van der Waals surface area contributed by atoms with Crippen LogP contribution in [0.15, 0.2) is 42.5 Å². The molecule has 3 aliphatic carbocycles. The molecule has 1 heterocycles. The van der Waals surface area contributed by atoms with E-state index < -0.39 is 35.8 Å². The normalized spacial score (nSPS) is 24.3. The van der Waals surface area contributed by atoms with Crippen LogP contribution in [0.3, 0.4) is 0 Å². The number of nitrogens with one attached hydrogen (secondary N) is 1. The van der Waals surface area contributed by atoms with E-state index in [9.17, 15) is 14.4 Å². The summed E-state index contributed by atoms with van der Waals surface area (Å²) >= 11 is 0. The quantitative estimate of drug-likeness (QED) is 0.123. The highest BCUT2D eigenvalue weighted by molar-refractivity contribution is 6.48. The number of nitrogens with zero attached hydrogens (tertiary/aromatic N) is 1. The molecule has 0 aromatic heterocycles. The fraction of sp³-hybridized carbons (Fsp3) is 0.615. The van der Waals surface area contributed by atoms with Gasteiger partial charge in [-0.25, -0.2) is 9.80 Å². The molecule has 0 spiro atoms. The number of amides is 1. The van der Waals surface area contributed by atoms with Crippen LogP contribution in [0.4, 0.5) is 0 Å². The van der Waals surface area contributed by atoms with E-state index in [4.69, 9.17) is 29.4 Å². The monoisotopic (exact) mass is 705 g/mol. The molecule has 1 amide bonds. The predicted octanol–water partition coefficient (Wildman–Crippen LogP) is 5.67. The highest BCUT2D eigenvalue weighted by Crippen LogP contribution is 2.65. The Morgan fingerprint density at radius 2 is 1.67 bits per heavy atom. The molecule has 5 unspecified atom stereocenters. The van der Waals surface area contributed by atoms with Gasteiger partial charge in [0.1, 0.15) is 22.5 Å². The summed E-state index contributed by atoms with van der Waals surface area (Å²) in [6, 6.07) is 12.5. The molecule has 2 aromatic carbocycles. The van der Waals surface area contributed by atoms with E-state index in [1.807, 2.05) is 59.7 Å². The van der Waals surface area contributed by atoms with E-state index in [-0.39, 0.29) is 36.2 Å². The molecule has 5 atom stereocenters. The number of ether oxygens (including phenoxy) is 3. The second kappa shape index (κ2) is 14.5. The number of benzene rings is 2. The van der Waals surface area contributed by atoms with Gasteiger partial charge in [0.05, 0.1) is 31.2 Å². The van der Waals surface area contributed by atoms with Crippen LogP contribution in [-0.4, -0.2) is 72.5 Å². The van der Waals surface area contributed by atoms with Gasteiger partial charge in [-0.2, -0.15) is 0 Å². The van der Waals surface area contributed by atoms with Crippen LogP contribution in [0.1, 0.15) is 113 Å². The van der Waals surface area contributed by atoms with Gasteiger partial charge in [0, 0.05) is 18.7 Å². The molecule has 3 N–H and O–H groups in total. The van der Waals surface area contributed by atoms with Crippen molar-refractivity contribution in [2.45, 2.75) is 123 Å². The first kappa shape index (κ1) is 38.8. The summed E-state index contributed by atoms with van der Waals surface area (Å²) < 4.78 is 30.3. The maximum absolute atomic E-state index is 13.9. The zero-order chi connectivity index (χ0) is 37.5. The minimum atomic E-state index is -0.718. The summed E-state index contributed by atoms with van der Waals surface area (Å²) in [4.78, 5) is 39.1. The van der Waals surface area contributed by atoms with Crippen LogP contribution in [0.5, 0.6) is 5.75 Å². The Morgan fingerprint density at radius 3 is 2.27 bits per heavy atom. The first-order valence-corrected chi connectivity index (χ1v) is 18.0. The lowest BCUT2D eigenvalue weighted by molar-refractivity contribution is -0.199. The lowest BCUT2D eigenvalue weighted by atomic mass is 9.43. The number of hydrogen-bond acceptors (Lipinski definition) is 10. The van der Waals surface area contributed by atoms with E-state index in [0.717, 1.165) is 18.4 Å². The van der Waals surface area contributed by atoms with E-state index in [1.54, 1.807) is 29.3 Å². The SMILES string of the molecule is COc1c(CC(NC(=O)c2ccc(CN(N)CCC(=O)OC(C)(C)C)cc2)B2OC3CC4CC(C4(C)C)C3(C)O2)cccc1C(=O)OC(C)(C)C. The van der Waals surface area contributed by atoms with E-state index >= 15 is 0 Å². The van der Waals surface area contributed by atoms with Crippen LogP contribution >= 0.6 is 0 Å². The average Bonchev–Trinajstić information content (AvgIpc) is 3.39. The van der Waals surface area contributed by atoms with Crippen molar-refractivity contribution in [3.05, 3.63) is 64.7 Å². The maximum Gasteiger partial charge on any atom is 0.482 e. The van der Waals surface area contributed by atoms with Crippen molar-refractivity contribution in [2.75, 3.05) is 13.7 Å². The van der Waals surface area contributed by atoms with Crippen molar-refractivity contribution in [1.82, 2.24) is 10.3 Å².